The molecule has 0 radical (unpaired) electrons. The third-order valence-electron chi connectivity index (χ3n) is 3.37. The summed E-state index contributed by atoms with van der Waals surface area (Å²) in [5.41, 5.74) is 0.660. The highest BCUT2D eigenvalue weighted by molar-refractivity contribution is 5.83. The van der Waals surface area contributed by atoms with E-state index in [9.17, 15) is 25.2 Å². The summed E-state index contributed by atoms with van der Waals surface area (Å²) in [5, 5.41) is 38.4. The third-order valence-corrected chi connectivity index (χ3v) is 3.37. The van der Waals surface area contributed by atoms with Crippen molar-refractivity contribution in [2.45, 2.75) is 6.92 Å². The number of hydrogen-bond acceptors (Lipinski definition) is 6. The quantitative estimate of drug-likeness (QED) is 0.514. The van der Waals surface area contributed by atoms with Crippen LogP contribution < -0.4 is 5.43 Å². The minimum Gasteiger partial charge on any atom is -0.508 e. The Morgan fingerprint density at radius 1 is 0.909 bits per heavy atom. The van der Waals surface area contributed by atoms with Gasteiger partial charge in [-0.05, 0) is 30.7 Å². The molecule has 0 aliphatic heterocycles. The van der Waals surface area contributed by atoms with Gasteiger partial charge in [0.25, 0.3) is 0 Å². The minimum atomic E-state index is -0.652. The van der Waals surface area contributed by atoms with Crippen molar-refractivity contribution in [2.75, 3.05) is 0 Å². The fourth-order valence-corrected chi connectivity index (χ4v) is 2.36. The van der Waals surface area contributed by atoms with Gasteiger partial charge < -0.3 is 24.8 Å². The van der Waals surface area contributed by atoms with Crippen LogP contribution in [0.3, 0.4) is 0 Å². The second-order valence-electron chi connectivity index (χ2n) is 4.97. The summed E-state index contributed by atoms with van der Waals surface area (Å²) in [4.78, 5) is 12.2. The molecule has 0 aliphatic carbocycles. The maximum absolute atomic E-state index is 12.2. The summed E-state index contributed by atoms with van der Waals surface area (Å²) in [6.45, 7) is 1.68. The molecule has 0 saturated heterocycles. The molecule has 3 rings (SSSR count). The van der Waals surface area contributed by atoms with Gasteiger partial charge in [0, 0.05) is 17.7 Å². The van der Waals surface area contributed by atoms with E-state index < -0.39 is 17.2 Å². The lowest BCUT2D eigenvalue weighted by atomic mass is 10.1. The molecule has 1 aromatic heterocycles. The Balaban J connectivity index is 2.31. The molecule has 0 aliphatic rings. The Bertz CT molecular complexity index is 932. The highest BCUT2D eigenvalue weighted by Crippen LogP contribution is 2.39. The van der Waals surface area contributed by atoms with E-state index in [0.29, 0.717) is 10.9 Å². The van der Waals surface area contributed by atoms with Crippen molar-refractivity contribution in [2.24, 2.45) is 0 Å². The van der Waals surface area contributed by atoms with Crippen LogP contribution in [-0.4, -0.2) is 20.4 Å². The summed E-state index contributed by atoms with van der Waals surface area (Å²) in [6.07, 6.45) is 0. The Labute approximate surface area is 124 Å². The van der Waals surface area contributed by atoms with Gasteiger partial charge in [0.15, 0.2) is 22.7 Å². The standard InChI is InChI=1S/C16H12O6/c1-7-2-9(17)5-14-15(7)10(18)6-13(22-14)8-3-11(19)16(21)12(20)4-8/h2-6,17,19-21H,1H3. The predicted octanol–water partition coefficient (Wildman–Crippen LogP) is 2.59. The zero-order chi connectivity index (χ0) is 16.0. The molecule has 0 atom stereocenters. The van der Waals surface area contributed by atoms with Crippen LogP contribution in [0.15, 0.2) is 39.5 Å². The second kappa shape index (κ2) is 4.70. The Morgan fingerprint density at radius 3 is 2.18 bits per heavy atom. The Hall–Kier alpha value is -3.15. The molecule has 3 aromatic rings. The van der Waals surface area contributed by atoms with Gasteiger partial charge in [0.2, 0.25) is 0 Å². The molecule has 0 fully saturated rings. The first kappa shape index (κ1) is 13.8. The highest BCUT2D eigenvalue weighted by Gasteiger charge is 2.14. The largest absolute Gasteiger partial charge is 0.508 e. The normalized spacial score (nSPS) is 11.0. The van der Waals surface area contributed by atoms with Crippen LogP contribution in [0.2, 0.25) is 0 Å². The van der Waals surface area contributed by atoms with E-state index in [1.54, 1.807) is 6.92 Å². The number of phenolic OH excluding ortho intramolecular Hbond substituents is 4. The van der Waals surface area contributed by atoms with E-state index in [2.05, 4.69) is 0 Å². The lowest BCUT2D eigenvalue weighted by Crippen LogP contribution is -2.02. The zero-order valence-electron chi connectivity index (χ0n) is 11.5. The molecule has 1 heterocycles. The van der Waals surface area contributed by atoms with Gasteiger partial charge in [0.1, 0.15) is 17.1 Å². The monoisotopic (exact) mass is 300 g/mol. The van der Waals surface area contributed by atoms with E-state index in [-0.39, 0.29) is 28.1 Å². The van der Waals surface area contributed by atoms with E-state index in [1.807, 2.05) is 0 Å². The summed E-state index contributed by atoms with van der Waals surface area (Å²) in [5.74, 6) is -1.68. The van der Waals surface area contributed by atoms with Gasteiger partial charge in [-0.15, -0.1) is 0 Å². The first-order chi connectivity index (χ1) is 10.4. The van der Waals surface area contributed by atoms with Crippen LogP contribution in [0.5, 0.6) is 23.0 Å². The van der Waals surface area contributed by atoms with E-state index in [1.165, 1.54) is 18.2 Å². The van der Waals surface area contributed by atoms with Gasteiger partial charge in [0.05, 0.1) is 5.39 Å². The molecular formula is C16H12O6. The van der Waals surface area contributed by atoms with Crippen LogP contribution in [-0.2, 0) is 0 Å². The van der Waals surface area contributed by atoms with E-state index in [4.69, 9.17) is 4.42 Å². The fourth-order valence-electron chi connectivity index (χ4n) is 2.36. The van der Waals surface area contributed by atoms with E-state index in [0.717, 1.165) is 12.1 Å². The molecule has 6 nitrogen and oxygen atoms in total. The van der Waals surface area contributed by atoms with Crippen molar-refractivity contribution < 1.29 is 24.8 Å². The van der Waals surface area contributed by atoms with Crippen LogP contribution in [0, 0.1) is 6.92 Å². The maximum atomic E-state index is 12.2. The van der Waals surface area contributed by atoms with Crippen LogP contribution >= 0.6 is 0 Å². The lowest BCUT2D eigenvalue weighted by molar-refractivity contribution is 0.368. The summed E-state index contributed by atoms with van der Waals surface area (Å²) < 4.78 is 5.58. The van der Waals surface area contributed by atoms with E-state index >= 15 is 0 Å². The zero-order valence-corrected chi connectivity index (χ0v) is 11.5. The Kier molecular flexibility index (Phi) is 2.95. The summed E-state index contributed by atoms with van der Waals surface area (Å²) >= 11 is 0. The number of aryl methyl sites for hydroxylation is 1. The number of rotatable bonds is 1. The number of hydrogen-bond donors (Lipinski definition) is 4. The van der Waals surface area contributed by atoms with Crippen molar-refractivity contribution in [1.82, 2.24) is 0 Å². The van der Waals surface area contributed by atoms with Crippen molar-refractivity contribution >= 4 is 11.0 Å². The first-order valence-corrected chi connectivity index (χ1v) is 6.39. The van der Waals surface area contributed by atoms with Crippen molar-refractivity contribution in [3.8, 4) is 34.3 Å². The Morgan fingerprint density at radius 2 is 1.55 bits per heavy atom. The van der Waals surface area contributed by atoms with Crippen LogP contribution in [0.1, 0.15) is 5.56 Å². The molecule has 112 valence electrons. The molecule has 0 bridgehead atoms. The van der Waals surface area contributed by atoms with Gasteiger partial charge >= 0.3 is 0 Å². The van der Waals surface area contributed by atoms with Gasteiger partial charge in [-0.3, -0.25) is 4.79 Å². The molecule has 6 heteroatoms. The highest BCUT2D eigenvalue weighted by atomic mass is 16.3. The van der Waals surface area contributed by atoms with Crippen molar-refractivity contribution in [3.05, 3.63) is 46.1 Å². The SMILES string of the molecule is Cc1cc(O)cc2oc(-c3cc(O)c(O)c(O)c3)cc(=O)c12. The lowest BCUT2D eigenvalue weighted by Gasteiger charge is -2.08. The summed E-state index contributed by atoms with van der Waals surface area (Å²) in [6, 6.07) is 6.31. The fraction of sp³-hybridized carbons (Fsp3) is 0.0625. The molecule has 0 spiro atoms. The van der Waals surface area contributed by atoms with Gasteiger partial charge in [-0.25, -0.2) is 0 Å². The number of aromatic hydroxyl groups is 4. The van der Waals surface area contributed by atoms with Crippen LogP contribution in [0.4, 0.5) is 0 Å². The predicted molar refractivity (Wildman–Crippen MR) is 79.3 cm³/mol. The third kappa shape index (κ3) is 2.10. The molecule has 0 amide bonds. The molecule has 4 N–H and O–H groups in total. The maximum Gasteiger partial charge on any atom is 0.200 e. The number of fused-ring (bicyclic) bond motifs is 1. The van der Waals surface area contributed by atoms with Crippen molar-refractivity contribution in [1.29, 1.82) is 0 Å². The summed E-state index contributed by atoms with van der Waals surface area (Å²) in [7, 11) is 0. The molecule has 2 aromatic carbocycles. The average molecular weight is 300 g/mol. The number of benzene rings is 2. The number of phenols is 4. The molecular weight excluding hydrogens is 288 g/mol. The second-order valence-corrected chi connectivity index (χ2v) is 4.97. The van der Waals surface area contributed by atoms with Gasteiger partial charge in [-0.2, -0.15) is 0 Å². The minimum absolute atomic E-state index is 0.0401. The average Bonchev–Trinajstić information content (AvgIpc) is 2.42. The first-order valence-electron chi connectivity index (χ1n) is 6.39. The van der Waals surface area contributed by atoms with Gasteiger partial charge in [-0.1, -0.05) is 0 Å². The smallest absolute Gasteiger partial charge is 0.200 e. The molecule has 0 saturated carbocycles. The van der Waals surface area contributed by atoms with Crippen LogP contribution in [0.25, 0.3) is 22.3 Å². The molecule has 0 unspecified atom stereocenters. The topological polar surface area (TPSA) is 111 Å². The van der Waals surface area contributed by atoms with Crippen molar-refractivity contribution in [3.63, 3.8) is 0 Å². The molecule has 22 heavy (non-hydrogen) atoms.